The summed E-state index contributed by atoms with van der Waals surface area (Å²) in [6, 6.07) is 7.47. The van der Waals surface area contributed by atoms with E-state index in [1.807, 2.05) is 19.1 Å². The molecule has 0 spiro atoms. The van der Waals surface area contributed by atoms with Crippen LogP contribution in [0.15, 0.2) is 29.2 Å². The standard InChI is InChI=1S/C15H24N2O2S/c1-3-10-20(18,19)15-6-4-14(5-7-15)17-9-8-13(11-17)12(2)16/h4-7,12-13H,3,8-11,16H2,1-2H3. The van der Waals surface area contributed by atoms with Gasteiger partial charge >= 0.3 is 0 Å². The van der Waals surface area contributed by atoms with E-state index in [9.17, 15) is 8.42 Å². The zero-order valence-electron chi connectivity index (χ0n) is 12.2. The van der Waals surface area contributed by atoms with Gasteiger partial charge in [-0.05, 0) is 49.9 Å². The Labute approximate surface area is 121 Å². The molecular weight excluding hydrogens is 272 g/mol. The lowest BCUT2D eigenvalue weighted by Crippen LogP contribution is -2.29. The number of sulfone groups is 1. The van der Waals surface area contributed by atoms with Crippen LogP contribution < -0.4 is 10.6 Å². The van der Waals surface area contributed by atoms with Gasteiger partial charge in [0.1, 0.15) is 0 Å². The van der Waals surface area contributed by atoms with Crippen LogP contribution in [0.5, 0.6) is 0 Å². The number of hydrogen-bond acceptors (Lipinski definition) is 4. The van der Waals surface area contributed by atoms with E-state index in [1.165, 1.54) is 0 Å². The van der Waals surface area contributed by atoms with Crippen LogP contribution >= 0.6 is 0 Å². The summed E-state index contributed by atoms with van der Waals surface area (Å²) in [4.78, 5) is 2.70. The normalized spacial score (nSPS) is 21.1. The molecule has 1 fully saturated rings. The first-order chi connectivity index (χ1) is 9.44. The van der Waals surface area contributed by atoms with E-state index < -0.39 is 9.84 Å². The van der Waals surface area contributed by atoms with Gasteiger partial charge in [0.15, 0.2) is 9.84 Å². The largest absolute Gasteiger partial charge is 0.371 e. The van der Waals surface area contributed by atoms with Gasteiger partial charge in [0.25, 0.3) is 0 Å². The molecule has 0 saturated carbocycles. The van der Waals surface area contributed by atoms with Crippen LogP contribution in [0.2, 0.25) is 0 Å². The van der Waals surface area contributed by atoms with Crippen molar-refractivity contribution in [1.82, 2.24) is 0 Å². The van der Waals surface area contributed by atoms with Gasteiger partial charge in [-0.1, -0.05) is 6.92 Å². The third-order valence-electron chi connectivity index (χ3n) is 4.00. The summed E-state index contributed by atoms with van der Waals surface area (Å²) in [6.45, 7) is 5.88. The molecule has 1 saturated heterocycles. The van der Waals surface area contributed by atoms with Gasteiger partial charge in [-0.25, -0.2) is 8.42 Å². The van der Waals surface area contributed by atoms with Crippen molar-refractivity contribution in [3.63, 3.8) is 0 Å². The fraction of sp³-hybridized carbons (Fsp3) is 0.600. The van der Waals surface area contributed by atoms with Crippen molar-refractivity contribution in [3.8, 4) is 0 Å². The van der Waals surface area contributed by atoms with Crippen molar-refractivity contribution in [1.29, 1.82) is 0 Å². The number of benzene rings is 1. The lowest BCUT2D eigenvalue weighted by atomic mass is 10.0. The Morgan fingerprint density at radius 2 is 2.00 bits per heavy atom. The molecule has 1 heterocycles. The van der Waals surface area contributed by atoms with Gasteiger partial charge in [-0.15, -0.1) is 0 Å². The van der Waals surface area contributed by atoms with Crippen LogP contribution in [-0.4, -0.2) is 33.3 Å². The average Bonchev–Trinajstić information content (AvgIpc) is 2.88. The molecule has 0 bridgehead atoms. The lowest BCUT2D eigenvalue weighted by Gasteiger charge is -2.20. The zero-order valence-corrected chi connectivity index (χ0v) is 13.1. The van der Waals surface area contributed by atoms with E-state index in [0.29, 0.717) is 17.2 Å². The van der Waals surface area contributed by atoms with E-state index in [0.717, 1.165) is 25.2 Å². The molecule has 1 aliphatic rings. The van der Waals surface area contributed by atoms with Crippen LogP contribution in [0.1, 0.15) is 26.7 Å². The number of anilines is 1. The summed E-state index contributed by atoms with van der Waals surface area (Å²) in [5, 5.41) is 0. The average molecular weight is 296 g/mol. The molecule has 20 heavy (non-hydrogen) atoms. The minimum atomic E-state index is -3.11. The summed E-state index contributed by atoms with van der Waals surface area (Å²) in [5.74, 6) is 0.738. The summed E-state index contributed by atoms with van der Waals surface area (Å²) < 4.78 is 24.0. The minimum Gasteiger partial charge on any atom is -0.371 e. The molecule has 4 nitrogen and oxygen atoms in total. The van der Waals surface area contributed by atoms with Gasteiger partial charge in [0.2, 0.25) is 0 Å². The molecule has 2 rings (SSSR count). The van der Waals surface area contributed by atoms with Crippen LogP contribution in [0, 0.1) is 5.92 Å². The van der Waals surface area contributed by atoms with E-state index in [2.05, 4.69) is 11.8 Å². The van der Waals surface area contributed by atoms with Crippen LogP contribution in [0.3, 0.4) is 0 Å². The lowest BCUT2D eigenvalue weighted by molar-refractivity contribution is 0.488. The second-order valence-corrected chi connectivity index (χ2v) is 7.78. The first-order valence-corrected chi connectivity index (χ1v) is 8.92. The van der Waals surface area contributed by atoms with Crippen molar-refractivity contribution in [2.45, 2.75) is 37.6 Å². The molecule has 2 atom stereocenters. The Morgan fingerprint density at radius 3 is 2.50 bits per heavy atom. The highest BCUT2D eigenvalue weighted by molar-refractivity contribution is 7.91. The Bertz CT molecular complexity index is 537. The van der Waals surface area contributed by atoms with Crippen molar-refractivity contribution in [2.75, 3.05) is 23.7 Å². The van der Waals surface area contributed by atoms with Gasteiger partial charge in [0, 0.05) is 24.8 Å². The third kappa shape index (κ3) is 3.33. The summed E-state index contributed by atoms with van der Waals surface area (Å²) in [7, 11) is -3.11. The third-order valence-corrected chi connectivity index (χ3v) is 5.94. The second kappa shape index (κ2) is 6.14. The summed E-state index contributed by atoms with van der Waals surface area (Å²) >= 11 is 0. The Balaban J connectivity index is 2.10. The molecule has 1 aromatic rings. The molecule has 2 N–H and O–H groups in total. The second-order valence-electron chi connectivity index (χ2n) is 5.67. The predicted molar refractivity (Wildman–Crippen MR) is 82.8 cm³/mol. The van der Waals surface area contributed by atoms with Gasteiger partial charge in [0.05, 0.1) is 10.6 Å². The molecule has 1 aliphatic heterocycles. The number of nitrogens with two attached hydrogens (primary N) is 1. The number of rotatable bonds is 5. The molecule has 0 aromatic heterocycles. The molecule has 5 heteroatoms. The quantitative estimate of drug-likeness (QED) is 0.903. The van der Waals surface area contributed by atoms with Gasteiger partial charge in [-0.2, -0.15) is 0 Å². The number of nitrogens with zero attached hydrogens (tertiary/aromatic N) is 1. The Kier molecular flexibility index (Phi) is 4.70. The number of hydrogen-bond donors (Lipinski definition) is 1. The fourth-order valence-corrected chi connectivity index (χ4v) is 4.03. The maximum atomic E-state index is 12.0. The van der Waals surface area contributed by atoms with Gasteiger partial charge in [-0.3, -0.25) is 0 Å². The topological polar surface area (TPSA) is 63.4 Å². The van der Waals surface area contributed by atoms with Crippen molar-refractivity contribution in [2.24, 2.45) is 11.7 Å². The van der Waals surface area contributed by atoms with Crippen LogP contribution in [-0.2, 0) is 9.84 Å². The first-order valence-electron chi connectivity index (χ1n) is 7.27. The zero-order chi connectivity index (χ0) is 14.8. The van der Waals surface area contributed by atoms with Crippen molar-refractivity contribution in [3.05, 3.63) is 24.3 Å². The highest BCUT2D eigenvalue weighted by Gasteiger charge is 2.25. The Hall–Kier alpha value is -1.07. The molecule has 0 radical (unpaired) electrons. The summed E-state index contributed by atoms with van der Waals surface area (Å²) in [5.41, 5.74) is 7.03. The Morgan fingerprint density at radius 1 is 1.35 bits per heavy atom. The summed E-state index contributed by atoms with van der Waals surface area (Å²) in [6.07, 6.45) is 1.75. The van der Waals surface area contributed by atoms with Gasteiger partial charge < -0.3 is 10.6 Å². The SMILES string of the molecule is CCCS(=O)(=O)c1ccc(N2CCC(C(C)N)C2)cc1. The maximum Gasteiger partial charge on any atom is 0.178 e. The molecule has 112 valence electrons. The predicted octanol–water partition coefficient (Wildman–Crippen LogP) is 2.04. The first kappa shape index (κ1) is 15.3. The van der Waals surface area contributed by atoms with Crippen molar-refractivity contribution >= 4 is 15.5 Å². The van der Waals surface area contributed by atoms with E-state index in [-0.39, 0.29) is 11.8 Å². The van der Waals surface area contributed by atoms with Crippen LogP contribution in [0.25, 0.3) is 0 Å². The van der Waals surface area contributed by atoms with Crippen molar-refractivity contribution < 1.29 is 8.42 Å². The monoisotopic (exact) mass is 296 g/mol. The molecule has 1 aromatic carbocycles. The minimum absolute atomic E-state index is 0.211. The molecule has 0 aliphatic carbocycles. The molecule has 0 amide bonds. The van der Waals surface area contributed by atoms with E-state index in [1.54, 1.807) is 12.1 Å². The van der Waals surface area contributed by atoms with E-state index >= 15 is 0 Å². The molecule has 2 unspecified atom stereocenters. The smallest absolute Gasteiger partial charge is 0.178 e. The highest BCUT2D eigenvalue weighted by Crippen LogP contribution is 2.26. The van der Waals surface area contributed by atoms with E-state index in [4.69, 9.17) is 5.73 Å². The molecular formula is C15H24N2O2S. The highest BCUT2D eigenvalue weighted by atomic mass is 32.2. The fourth-order valence-electron chi connectivity index (χ4n) is 2.70. The van der Waals surface area contributed by atoms with Crippen LogP contribution in [0.4, 0.5) is 5.69 Å². The maximum absolute atomic E-state index is 12.0.